The lowest BCUT2D eigenvalue weighted by atomic mass is 9.69. The molecule has 0 aliphatic heterocycles. The number of hydrogen-bond acceptors (Lipinski definition) is 2. The molecule has 0 aromatic heterocycles. The van der Waals surface area contributed by atoms with E-state index in [2.05, 4.69) is 121 Å². The van der Waals surface area contributed by atoms with Gasteiger partial charge in [0.1, 0.15) is 11.5 Å². The van der Waals surface area contributed by atoms with E-state index in [9.17, 15) is 10.2 Å². The first-order valence-corrected chi connectivity index (χ1v) is 15.1. The van der Waals surface area contributed by atoms with Crippen molar-refractivity contribution in [3.63, 3.8) is 0 Å². The molecule has 0 fully saturated rings. The summed E-state index contributed by atoms with van der Waals surface area (Å²) in [6.07, 6.45) is 1.71. The summed E-state index contributed by atoms with van der Waals surface area (Å²) in [5.74, 6) is 13.4. The summed E-state index contributed by atoms with van der Waals surface area (Å²) in [6, 6.07) is 48.8. The van der Waals surface area contributed by atoms with Crippen molar-refractivity contribution in [1.82, 2.24) is 0 Å². The van der Waals surface area contributed by atoms with Crippen LogP contribution in [-0.2, 0) is 18.3 Å². The molecule has 0 saturated carbocycles. The van der Waals surface area contributed by atoms with Crippen molar-refractivity contribution >= 4 is 0 Å². The third-order valence-corrected chi connectivity index (χ3v) is 8.53. The molecule has 2 nitrogen and oxygen atoms in total. The number of hydrogen-bond donors (Lipinski definition) is 2. The molecule has 1 aliphatic carbocycles. The Morgan fingerprint density at radius 1 is 0.378 bits per heavy atom. The van der Waals surface area contributed by atoms with Crippen molar-refractivity contribution in [3.8, 4) is 46.3 Å². The summed E-state index contributed by atoms with van der Waals surface area (Å²) in [7, 11) is 0. The van der Waals surface area contributed by atoms with Gasteiger partial charge in [0.05, 0.1) is 0 Å². The topological polar surface area (TPSA) is 40.5 Å². The Bertz CT molecular complexity index is 1940. The second-order valence-electron chi connectivity index (χ2n) is 11.5. The van der Waals surface area contributed by atoms with Gasteiger partial charge in [0.2, 0.25) is 0 Å². The number of fused-ring (bicyclic) bond motifs is 3. The van der Waals surface area contributed by atoms with Crippen LogP contribution in [0.15, 0.2) is 146 Å². The Hall–Kier alpha value is -5.96. The summed E-state index contributed by atoms with van der Waals surface area (Å²) >= 11 is 0. The standard InChI is InChI=1S/C43H30O2/c44-37-25-21-33(22-26-37)11-9-31-13-17-35(18-14-31)29-43(41-7-3-1-5-39(41)40-6-2-4-8-42(40)43)30-36-19-15-32(16-20-36)10-12-34-23-27-38(45)28-24-34/h1-8,13-28,44-45H,29-30H2. The van der Waals surface area contributed by atoms with Crippen LogP contribution >= 0.6 is 0 Å². The molecule has 0 radical (unpaired) electrons. The second kappa shape index (κ2) is 12.0. The zero-order valence-corrected chi connectivity index (χ0v) is 24.7. The van der Waals surface area contributed by atoms with E-state index in [0.29, 0.717) is 0 Å². The van der Waals surface area contributed by atoms with Crippen molar-refractivity contribution in [2.45, 2.75) is 18.3 Å². The van der Waals surface area contributed by atoms with E-state index in [0.717, 1.165) is 35.1 Å². The zero-order valence-electron chi connectivity index (χ0n) is 24.7. The van der Waals surface area contributed by atoms with Crippen LogP contribution in [0.25, 0.3) is 11.1 Å². The number of phenolic OH excluding ortho intramolecular Hbond substituents is 2. The van der Waals surface area contributed by atoms with Crippen molar-refractivity contribution in [3.05, 3.63) is 190 Å². The van der Waals surface area contributed by atoms with Gasteiger partial charge in [0.25, 0.3) is 0 Å². The van der Waals surface area contributed by atoms with Crippen LogP contribution in [0.2, 0.25) is 0 Å². The lowest BCUT2D eigenvalue weighted by Gasteiger charge is -2.33. The van der Waals surface area contributed by atoms with Crippen LogP contribution in [0, 0.1) is 23.7 Å². The van der Waals surface area contributed by atoms with E-state index in [1.165, 1.54) is 33.4 Å². The van der Waals surface area contributed by atoms with Crippen LogP contribution in [0.4, 0.5) is 0 Å². The maximum atomic E-state index is 9.55. The highest BCUT2D eigenvalue weighted by molar-refractivity contribution is 5.81. The maximum Gasteiger partial charge on any atom is 0.115 e. The average molecular weight is 579 g/mol. The van der Waals surface area contributed by atoms with Gasteiger partial charge in [-0.2, -0.15) is 0 Å². The third kappa shape index (κ3) is 5.83. The lowest BCUT2D eigenvalue weighted by Crippen LogP contribution is -2.31. The van der Waals surface area contributed by atoms with Gasteiger partial charge in [-0.15, -0.1) is 0 Å². The molecule has 0 spiro atoms. The molecule has 6 aromatic rings. The highest BCUT2D eigenvalue weighted by Crippen LogP contribution is 2.52. The minimum atomic E-state index is -0.230. The molecule has 0 heterocycles. The number of rotatable bonds is 4. The Morgan fingerprint density at radius 3 is 1.04 bits per heavy atom. The molecule has 0 saturated heterocycles. The number of phenols is 2. The molecule has 2 heteroatoms. The Kier molecular flexibility index (Phi) is 7.41. The Balaban J connectivity index is 1.21. The summed E-state index contributed by atoms with van der Waals surface area (Å²) in [4.78, 5) is 0. The molecule has 45 heavy (non-hydrogen) atoms. The molecule has 6 aromatic carbocycles. The fraction of sp³-hybridized carbons (Fsp3) is 0.0698. The first-order chi connectivity index (χ1) is 22.1. The molecule has 214 valence electrons. The lowest BCUT2D eigenvalue weighted by molar-refractivity contribution is 0.474. The molecule has 0 bridgehead atoms. The third-order valence-electron chi connectivity index (χ3n) is 8.53. The van der Waals surface area contributed by atoms with Crippen molar-refractivity contribution in [2.24, 2.45) is 0 Å². The van der Waals surface area contributed by atoms with E-state index in [4.69, 9.17) is 0 Å². The van der Waals surface area contributed by atoms with Gasteiger partial charge in [-0.3, -0.25) is 0 Å². The van der Waals surface area contributed by atoms with E-state index in [1.54, 1.807) is 24.3 Å². The summed E-state index contributed by atoms with van der Waals surface area (Å²) in [5, 5.41) is 19.1. The van der Waals surface area contributed by atoms with Crippen molar-refractivity contribution < 1.29 is 10.2 Å². The summed E-state index contributed by atoms with van der Waals surface area (Å²) < 4.78 is 0. The van der Waals surface area contributed by atoms with E-state index >= 15 is 0 Å². The average Bonchev–Trinajstić information content (AvgIpc) is 3.35. The van der Waals surface area contributed by atoms with E-state index < -0.39 is 0 Å². The minimum absolute atomic E-state index is 0.230. The van der Waals surface area contributed by atoms with E-state index in [-0.39, 0.29) is 16.9 Å². The normalized spacial score (nSPS) is 12.2. The maximum absolute atomic E-state index is 9.55. The molecule has 0 amide bonds. The highest BCUT2D eigenvalue weighted by atomic mass is 16.3. The molecule has 7 rings (SSSR count). The molecular weight excluding hydrogens is 548 g/mol. The minimum Gasteiger partial charge on any atom is -0.508 e. The van der Waals surface area contributed by atoms with Gasteiger partial charge in [0, 0.05) is 27.7 Å². The van der Waals surface area contributed by atoms with Crippen molar-refractivity contribution in [1.29, 1.82) is 0 Å². The first kappa shape index (κ1) is 27.8. The molecule has 2 N–H and O–H groups in total. The molecule has 1 aliphatic rings. The largest absolute Gasteiger partial charge is 0.508 e. The number of aromatic hydroxyl groups is 2. The van der Waals surface area contributed by atoms with Crippen molar-refractivity contribution in [2.75, 3.05) is 0 Å². The fourth-order valence-electron chi connectivity index (χ4n) is 6.35. The van der Waals surface area contributed by atoms with Crippen LogP contribution in [0.5, 0.6) is 11.5 Å². The van der Waals surface area contributed by atoms with Gasteiger partial charge in [-0.05, 0) is 119 Å². The van der Waals surface area contributed by atoms with Crippen LogP contribution in [-0.4, -0.2) is 10.2 Å². The first-order valence-electron chi connectivity index (χ1n) is 15.1. The van der Waals surface area contributed by atoms with Crippen LogP contribution < -0.4 is 0 Å². The molecule has 0 atom stereocenters. The fourth-order valence-corrected chi connectivity index (χ4v) is 6.35. The zero-order chi connectivity index (χ0) is 30.6. The van der Waals surface area contributed by atoms with E-state index in [1.807, 2.05) is 24.3 Å². The van der Waals surface area contributed by atoms with Gasteiger partial charge in [0.15, 0.2) is 0 Å². The van der Waals surface area contributed by atoms with Gasteiger partial charge in [-0.25, -0.2) is 0 Å². The monoisotopic (exact) mass is 578 g/mol. The summed E-state index contributed by atoms with van der Waals surface area (Å²) in [5.41, 5.74) is 11.3. The molecule has 0 unspecified atom stereocenters. The quantitative estimate of drug-likeness (QED) is 0.206. The smallest absolute Gasteiger partial charge is 0.115 e. The molecular formula is C43H30O2. The number of benzene rings is 6. The van der Waals surface area contributed by atoms with Gasteiger partial charge < -0.3 is 10.2 Å². The van der Waals surface area contributed by atoms with Gasteiger partial charge in [-0.1, -0.05) is 96.5 Å². The van der Waals surface area contributed by atoms with Crippen LogP contribution in [0.1, 0.15) is 44.5 Å². The van der Waals surface area contributed by atoms with Crippen LogP contribution in [0.3, 0.4) is 0 Å². The predicted octanol–water partition coefficient (Wildman–Crippen LogP) is 8.65. The SMILES string of the molecule is Oc1ccc(C#Cc2ccc(CC3(Cc4ccc(C#Cc5ccc(O)cc5)cc4)c4ccccc4-c4ccccc43)cc2)cc1. The Labute approximate surface area is 264 Å². The van der Waals surface area contributed by atoms with Gasteiger partial charge >= 0.3 is 0 Å². The second-order valence-corrected chi connectivity index (χ2v) is 11.5. The highest BCUT2D eigenvalue weighted by Gasteiger charge is 2.42. The summed E-state index contributed by atoms with van der Waals surface area (Å²) in [6.45, 7) is 0. The predicted molar refractivity (Wildman–Crippen MR) is 181 cm³/mol. The Morgan fingerprint density at radius 2 is 0.689 bits per heavy atom.